The lowest BCUT2D eigenvalue weighted by Crippen LogP contribution is -2.19. The number of nitriles is 1. The summed E-state index contributed by atoms with van der Waals surface area (Å²) in [7, 11) is 0. The average Bonchev–Trinajstić information content (AvgIpc) is 2.92. The second kappa shape index (κ2) is 9.32. The number of ether oxygens (including phenoxy) is 1. The van der Waals surface area contributed by atoms with Crippen molar-refractivity contribution < 1.29 is 22.7 Å². The van der Waals surface area contributed by atoms with Gasteiger partial charge in [0.15, 0.2) is 6.61 Å². The highest BCUT2D eigenvalue weighted by Gasteiger charge is 2.28. The van der Waals surface area contributed by atoms with Crippen LogP contribution in [0.4, 0.5) is 18.9 Å². The van der Waals surface area contributed by atoms with Crippen LogP contribution in [0.3, 0.4) is 0 Å². The fraction of sp³-hybridized carbons (Fsp3) is 0.333. The number of aryl methyl sites for hydroxylation is 1. The van der Waals surface area contributed by atoms with Gasteiger partial charge in [-0.05, 0) is 62.2 Å². The molecule has 29 heavy (non-hydrogen) atoms. The Balaban J connectivity index is 2.11. The van der Waals surface area contributed by atoms with Crippen LogP contribution in [0.2, 0.25) is 0 Å². The number of nitrogens with one attached hydrogen (secondary N) is 1. The zero-order valence-electron chi connectivity index (χ0n) is 16.4. The molecule has 0 saturated carbocycles. The minimum atomic E-state index is -4.42. The molecular formula is C21H22F3N3O2. The Labute approximate surface area is 167 Å². The van der Waals surface area contributed by atoms with Gasteiger partial charge in [0, 0.05) is 23.6 Å². The maximum Gasteiger partial charge on any atom is 0.422 e. The first-order valence-corrected chi connectivity index (χ1v) is 9.04. The molecule has 2 aromatic rings. The molecule has 1 amide bonds. The number of carbonyl (C=O) groups excluding carboxylic acids is 1. The molecule has 0 aliphatic carbocycles. The Morgan fingerprint density at radius 2 is 1.93 bits per heavy atom. The highest BCUT2D eigenvalue weighted by atomic mass is 19.4. The third-order valence-electron chi connectivity index (χ3n) is 4.24. The first kappa shape index (κ1) is 22.1. The number of halogens is 3. The lowest BCUT2D eigenvalue weighted by molar-refractivity contribution is -0.153. The van der Waals surface area contributed by atoms with Crippen LogP contribution in [0, 0.1) is 25.2 Å². The van der Waals surface area contributed by atoms with Gasteiger partial charge in [0.25, 0.3) is 5.91 Å². The summed E-state index contributed by atoms with van der Waals surface area (Å²) >= 11 is 0. The molecule has 2 rings (SSSR count). The minimum absolute atomic E-state index is 0.0275. The molecule has 0 radical (unpaired) electrons. The summed E-state index contributed by atoms with van der Waals surface area (Å²) in [6.45, 7) is 5.43. The van der Waals surface area contributed by atoms with Crippen LogP contribution in [0.5, 0.6) is 5.75 Å². The van der Waals surface area contributed by atoms with Crippen molar-refractivity contribution in [2.45, 2.75) is 39.9 Å². The molecule has 0 aliphatic rings. The van der Waals surface area contributed by atoms with Crippen LogP contribution in [0.1, 0.15) is 30.3 Å². The molecule has 1 aromatic carbocycles. The van der Waals surface area contributed by atoms with Crippen LogP contribution in [-0.2, 0) is 11.3 Å². The molecule has 0 atom stereocenters. The Hall–Kier alpha value is -3.21. The van der Waals surface area contributed by atoms with E-state index in [-0.39, 0.29) is 11.3 Å². The third kappa shape index (κ3) is 6.14. The molecule has 1 heterocycles. The van der Waals surface area contributed by atoms with E-state index in [9.17, 15) is 23.2 Å². The van der Waals surface area contributed by atoms with Gasteiger partial charge in [-0.25, -0.2) is 0 Å². The van der Waals surface area contributed by atoms with E-state index >= 15 is 0 Å². The Morgan fingerprint density at radius 1 is 1.28 bits per heavy atom. The molecule has 0 saturated heterocycles. The van der Waals surface area contributed by atoms with Gasteiger partial charge >= 0.3 is 6.18 Å². The molecule has 1 aromatic heterocycles. The zero-order chi connectivity index (χ0) is 21.6. The fourth-order valence-electron chi connectivity index (χ4n) is 2.84. The molecule has 154 valence electrons. The van der Waals surface area contributed by atoms with Gasteiger partial charge < -0.3 is 14.6 Å². The quantitative estimate of drug-likeness (QED) is 0.521. The molecule has 0 bridgehead atoms. The lowest BCUT2D eigenvalue weighted by Gasteiger charge is -2.10. The van der Waals surface area contributed by atoms with Crippen molar-refractivity contribution in [3.05, 3.63) is 52.9 Å². The number of benzene rings is 1. The highest BCUT2D eigenvalue weighted by Crippen LogP contribution is 2.22. The molecule has 0 aliphatic heterocycles. The van der Waals surface area contributed by atoms with Crippen molar-refractivity contribution in [1.82, 2.24) is 4.57 Å². The number of anilines is 1. The third-order valence-corrected chi connectivity index (χ3v) is 4.24. The summed E-state index contributed by atoms with van der Waals surface area (Å²) in [5.41, 5.74) is 3.07. The number of hydrogen-bond donors (Lipinski definition) is 1. The lowest BCUT2D eigenvalue weighted by atomic mass is 10.1. The number of aromatic nitrogens is 1. The largest absolute Gasteiger partial charge is 0.484 e. The highest BCUT2D eigenvalue weighted by molar-refractivity contribution is 6.09. The molecule has 8 heteroatoms. The summed E-state index contributed by atoms with van der Waals surface area (Å²) in [5, 5.41) is 11.9. The topological polar surface area (TPSA) is 67.0 Å². The van der Waals surface area contributed by atoms with E-state index in [0.717, 1.165) is 29.9 Å². The Bertz CT molecular complexity index is 936. The van der Waals surface area contributed by atoms with E-state index in [2.05, 4.69) is 21.5 Å². The van der Waals surface area contributed by atoms with Gasteiger partial charge in [0.05, 0.1) is 0 Å². The predicted molar refractivity (Wildman–Crippen MR) is 104 cm³/mol. The summed E-state index contributed by atoms with van der Waals surface area (Å²) < 4.78 is 43.3. The van der Waals surface area contributed by atoms with Crippen molar-refractivity contribution >= 4 is 17.7 Å². The van der Waals surface area contributed by atoms with Crippen LogP contribution < -0.4 is 10.1 Å². The predicted octanol–water partition coefficient (Wildman–Crippen LogP) is 5.00. The van der Waals surface area contributed by atoms with Crippen LogP contribution in [-0.4, -0.2) is 23.3 Å². The molecule has 5 nitrogen and oxygen atoms in total. The zero-order valence-corrected chi connectivity index (χ0v) is 16.4. The smallest absolute Gasteiger partial charge is 0.422 e. The maximum absolute atomic E-state index is 12.4. The Morgan fingerprint density at radius 3 is 2.48 bits per heavy atom. The van der Waals surface area contributed by atoms with Gasteiger partial charge in [-0.3, -0.25) is 4.79 Å². The molecule has 1 N–H and O–H groups in total. The van der Waals surface area contributed by atoms with Gasteiger partial charge in [-0.1, -0.05) is 6.92 Å². The second-order valence-corrected chi connectivity index (χ2v) is 6.53. The van der Waals surface area contributed by atoms with Crippen LogP contribution >= 0.6 is 0 Å². The van der Waals surface area contributed by atoms with Gasteiger partial charge in [0.1, 0.15) is 17.4 Å². The molecule has 0 spiro atoms. The average molecular weight is 405 g/mol. The summed E-state index contributed by atoms with van der Waals surface area (Å²) in [6.07, 6.45) is -1.93. The van der Waals surface area contributed by atoms with Crippen molar-refractivity contribution in [1.29, 1.82) is 5.26 Å². The van der Waals surface area contributed by atoms with Crippen molar-refractivity contribution in [2.24, 2.45) is 0 Å². The summed E-state index contributed by atoms with van der Waals surface area (Å²) in [6, 6.07) is 9.26. The van der Waals surface area contributed by atoms with Gasteiger partial charge in [0.2, 0.25) is 0 Å². The maximum atomic E-state index is 12.4. The normalized spacial score (nSPS) is 11.8. The van der Waals surface area contributed by atoms with E-state index < -0.39 is 18.7 Å². The van der Waals surface area contributed by atoms with Crippen LogP contribution in [0.25, 0.3) is 6.08 Å². The van der Waals surface area contributed by atoms with Crippen molar-refractivity contribution in [3.63, 3.8) is 0 Å². The number of amides is 1. The second-order valence-electron chi connectivity index (χ2n) is 6.53. The standard InChI is InChI=1S/C21H22F3N3O2/c1-4-9-27-14(2)10-16(15(27)3)11-17(12-25)20(28)26-18-5-7-19(8-6-18)29-13-21(22,23)24/h5-8,10-11H,4,9,13H2,1-3H3,(H,26,28)/b17-11+. The first-order valence-electron chi connectivity index (χ1n) is 9.04. The van der Waals surface area contributed by atoms with E-state index in [1.54, 1.807) is 0 Å². The number of nitrogens with zero attached hydrogens (tertiary/aromatic N) is 2. The SMILES string of the molecule is CCCn1c(C)cc(/C=C(\C#N)C(=O)Nc2ccc(OCC(F)(F)F)cc2)c1C. The molecule has 0 unspecified atom stereocenters. The summed E-state index contributed by atoms with van der Waals surface area (Å²) in [5.74, 6) is -0.573. The fourth-order valence-corrected chi connectivity index (χ4v) is 2.84. The molecule has 0 fully saturated rings. The first-order chi connectivity index (χ1) is 13.6. The van der Waals surface area contributed by atoms with E-state index in [0.29, 0.717) is 5.69 Å². The molecular weight excluding hydrogens is 383 g/mol. The Kier molecular flexibility index (Phi) is 7.10. The minimum Gasteiger partial charge on any atom is -0.484 e. The number of rotatable bonds is 7. The summed E-state index contributed by atoms with van der Waals surface area (Å²) in [4.78, 5) is 12.4. The monoisotopic (exact) mass is 405 g/mol. The number of alkyl halides is 3. The van der Waals surface area contributed by atoms with Gasteiger partial charge in [-0.2, -0.15) is 18.4 Å². The van der Waals surface area contributed by atoms with Crippen molar-refractivity contribution in [3.8, 4) is 11.8 Å². The van der Waals surface area contributed by atoms with Crippen LogP contribution in [0.15, 0.2) is 35.9 Å². The van der Waals surface area contributed by atoms with Crippen molar-refractivity contribution in [2.75, 3.05) is 11.9 Å². The number of carbonyl (C=O) groups is 1. The van der Waals surface area contributed by atoms with E-state index in [4.69, 9.17) is 0 Å². The number of hydrogen-bond acceptors (Lipinski definition) is 3. The van der Waals surface area contributed by atoms with Gasteiger partial charge in [-0.15, -0.1) is 0 Å². The van der Waals surface area contributed by atoms with E-state index in [1.165, 1.54) is 30.3 Å². The van der Waals surface area contributed by atoms with E-state index in [1.807, 2.05) is 26.0 Å².